The average molecular weight is 423 g/mol. The Morgan fingerprint density at radius 1 is 1.10 bits per heavy atom. The first-order valence-corrected chi connectivity index (χ1v) is 9.79. The molecule has 3 rings (SSSR count). The Hall–Kier alpha value is -2.98. The molecule has 29 heavy (non-hydrogen) atoms. The van der Waals surface area contributed by atoms with Gasteiger partial charge in [-0.2, -0.15) is 13.2 Å². The third kappa shape index (κ3) is 4.90. The number of hydrogen-bond acceptors (Lipinski definition) is 5. The molecular weight excluding hydrogens is 407 g/mol. The van der Waals surface area contributed by atoms with Gasteiger partial charge in [-0.15, -0.1) is 0 Å². The quantitative estimate of drug-likeness (QED) is 0.655. The summed E-state index contributed by atoms with van der Waals surface area (Å²) in [6.45, 7) is -0.124. The zero-order chi connectivity index (χ0) is 21.1. The molecule has 152 valence electrons. The summed E-state index contributed by atoms with van der Waals surface area (Å²) in [6.07, 6.45) is -0.0270. The van der Waals surface area contributed by atoms with E-state index in [0.29, 0.717) is 28.6 Å². The number of aromatic nitrogens is 2. The fourth-order valence-electron chi connectivity index (χ4n) is 2.59. The summed E-state index contributed by atoms with van der Waals surface area (Å²) in [5.41, 5.74) is 0.755. The van der Waals surface area contributed by atoms with Gasteiger partial charge in [0.1, 0.15) is 5.75 Å². The molecular formula is C19H16F3N3O3S. The molecule has 0 bridgehead atoms. The molecule has 0 fully saturated rings. The van der Waals surface area contributed by atoms with Crippen LogP contribution in [0.1, 0.15) is 11.1 Å². The first-order valence-electron chi connectivity index (χ1n) is 8.31. The van der Waals surface area contributed by atoms with E-state index in [-0.39, 0.29) is 6.54 Å². The lowest BCUT2D eigenvalue weighted by atomic mass is 10.1. The lowest BCUT2D eigenvalue weighted by Crippen LogP contribution is -2.23. The summed E-state index contributed by atoms with van der Waals surface area (Å²) >= 11 is 0. The Morgan fingerprint density at radius 3 is 2.62 bits per heavy atom. The minimum absolute atomic E-state index is 0.124. The standard InChI is InChI=1S/C19H16F3N3O3S/c1-28-18-12-23-7-6-16(18)17-9-13(5-8-24-17)11-25-29(26,27)15-4-2-3-14(10-15)19(20,21)22/h2-10,12,25H,11H2,1H3. The van der Waals surface area contributed by atoms with Crippen LogP contribution in [0.25, 0.3) is 11.3 Å². The fraction of sp³-hybridized carbons (Fsp3) is 0.158. The van der Waals surface area contributed by atoms with E-state index >= 15 is 0 Å². The Morgan fingerprint density at radius 2 is 1.90 bits per heavy atom. The summed E-state index contributed by atoms with van der Waals surface area (Å²) in [6, 6.07) is 8.55. The molecule has 0 radical (unpaired) electrons. The van der Waals surface area contributed by atoms with Crippen LogP contribution in [0.2, 0.25) is 0 Å². The van der Waals surface area contributed by atoms with Crippen LogP contribution in [0, 0.1) is 0 Å². The first kappa shape index (κ1) is 20.7. The maximum atomic E-state index is 12.8. The zero-order valence-corrected chi connectivity index (χ0v) is 16.0. The Bertz CT molecular complexity index is 1120. The van der Waals surface area contributed by atoms with Crippen LogP contribution in [0.15, 0.2) is 66.0 Å². The molecule has 0 atom stereocenters. The number of hydrogen-bond donors (Lipinski definition) is 1. The molecule has 0 unspecified atom stereocenters. The number of alkyl halides is 3. The molecule has 2 heterocycles. The molecule has 0 aliphatic carbocycles. The normalized spacial score (nSPS) is 12.0. The maximum absolute atomic E-state index is 12.8. The molecule has 0 aliphatic heterocycles. The van der Waals surface area contributed by atoms with Crippen LogP contribution in [-0.2, 0) is 22.7 Å². The molecule has 10 heteroatoms. The molecule has 0 spiro atoms. The lowest BCUT2D eigenvalue weighted by Gasteiger charge is -2.11. The van der Waals surface area contributed by atoms with E-state index < -0.39 is 26.7 Å². The summed E-state index contributed by atoms with van der Waals surface area (Å²) in [5, 5.41) is 0. The van der Waals surface area contributed by atoms with E-state index in [1.165, 1.54) is 19.5 Å². The highest BCUT2D eigenvalue weighted by atomic mass is 32.2. The van der Waals surface area contributed by atoms with Gasteiger partial charge >= 0.3 is 6.18 Å². The van der Waals surface area contributed by atoms with Gasteiger partial charge in [-0.25, -0.2) is 13.1 Å². The molecule has 6 nitrogen and oxygen atoms in total. The van der Waals surface area contributed by atoms with Crippen molar-refractivity contribution in [1.29, 1.82) is 0 Å². The average Bonchev–Trinajstić information content (AvgIpc) is 2.72. The monoisotopic (exact) mass is 423 g/mol. The number of ether oxygens (including phenoxy) is 1. The molecule has 3 aromatic rings. The molecule has 2 aromatic heterocycles. The van der Waals surface area contributed by atoms with Crippen LogP contribution >= 0.6 is 0 Å². The topological polar surface area (TPSA) is 81.2 Å². The smallest absolute Gasteiger partial charge is 0.416 e. The molecule has 0 saturated carbocycles. The number of sulfonamides is 1. The van der Waals surface area contributed by atoms with E-state index in [1.807, 2.05) is 0 Å². The number of nitrogens with one attached hydrogen (secondary N) is 1. The van der Waals surface area contributed by atoms with E-state index in [4.69, 9.17) is 4.74 Å². The van der Waals surface area contributed by atoms with Crippen LogP contribution in [0.5, 0.6) is 5.75 Å². The van der Waals surface area contributed by atoms with Crippen molar-refractivity contribution in [3.05, 3.63) is 72.2 Å². The van der Waals surface area contributed by atoms with Crippen molar-refractivity contribution in [2.45, 2.75) is 17.6 Å². The van der Waals surface area contributed by atoms with Crippen molar-refractivity contribution < 1.29 is 26.3 Å². The molecule has 0 amide bonds. The van der Waals surface area contributed by atoms with Gasteiger partial charge in [0, 0.05) is 24.5 Å². The van der Waals surface area contributed by atoms with Crippen LogP contribution in [0.4, 0.5) is 13.2 Å². The maximum Gasteiger partial charge on any atom is 0.416 e. The van der Waals surface area contributed by atoms with E-state index in [0.717, 1.165) is 18.2 Å². The number of pyridine rings is 2. The van der Waals surface area contributed by atoms with Gasteiger partial charge in [0.15, 0.2) is 0 Å². The largest absolute Gasteiger partial charge is 0.494 e. The predicted molar refractivity (Wildman–Crippen MR) is 99.5 cm³/mol. The van der Waals surface area contributed by atoms with Gasteiger partial charge in [-0.1, -0.05) is 6.07 Å². The summed E-state index contributed by atoms with van der Waals surface area (Å²) in [5.74, 6) is 0.502. The second kappa shape index (κ2) is 8.18. The highest BCUT2D eigenvalue weighted by Crippen LogP contribution is 2.30. The van der Waals surface area contributed by atoms with Gasteiger partial charge in [-0.3, -0.25) is 9.97 Å². The van der Waals surface area contributed by atoms with Gasteiger partial charge in [0.25, 0.3) is 0 Å². The van der Waals surface area contributed by atoms with Crippen LogP contribution < -0.4 is 9.46 Å². The zero-order valence-electron chi connectivity index (χ0n) is 15.1. The van der Waals surface area contributed by atoms with Crippen molar-refractivity contribution in [2.75, 3.05) is 7.11 Å². The summed E-state index contributed by atoms with van der Waals surface area (Å²) in [4.78, 5) is 7.75. The predicted octanol–water partition coefficient (Wildman–Crippen LogP) is 3.65. The first-order chi connectivity index (χ1) is 13.7. The van der Waals surface area contributed by atoms with Crippen molar-refractivity contribution in [3.63, 3.8) is 0 Å². The Labute approximate surface area is 165 Å². The minimum atomic E-state index is -4.63. The SMILES string of the molecule is COc1cnccc1-c1cc(CNS(=O)(=O)c2cccc(C(F)(F)F)c2)ccn1. The Kier molecular flexibility index (Phi) is 5.85. The van der Waals surface area contributed by atoms with E-state index in [2.05, 4.69) is 14.7 Å². The lowest BCUT2D eigenvalue weighted by molar-refractivity contribution is -0.137. The van der Waals surface area contributed by atoms with Crippen molar-refractivity contribution in [2.24, 2.45) is 0 Å². The third-order valence-corrected chi connectivity index (χ3v) is 5.44. The van der Waals surface area contributed by atoms with Gasteiger partial charge in [0.05, 0.1) is 29.5 Å². The Balaban J connectivity index is 1.81. The molecule has 1 N–H and O–H groups in total. The summed E-state index contributed by atoms with van der Waals surface area (Å²) in [7, 11) is -2.64. The van der Waals surface area contributed by atoms with Crippen LogP contribution in [-0.4, -0.2) is 25.5 Å². The van der Waals surface area contributed by atoms with Gasteiger partial charge in [-0.05, 0) is 42.0 Å². The number of benzene rings is 1. The third-order valence-electron chi connectivity index (χ3n) is 4.04. The second-order valence-electron chi connectivity index (χ2n) is 5.98. The van der Waals surface area contributed by atoms with E-state index in [9.17, 15) is 21.6 Å². The minimum Gasteiger partial charge on any atom is -0.494 e. The number of rotatable bonds is 6. The van der Waals surface area contributed by atoms with Gasteiger partial charge in [0.2, 0.25) is 10.0 Å². The van der Waals surface area contributed by atoms with E-state index in [1.54, 1.807) is 24.4 Å². The van der Waals surface area contributed by atoms with Crippen molar-refractivity contribution in [1.82, 2.24) is 14.7 Å². The second-order valence-corrected chi connectivity index (χ2v) is 7.74. The molecule has 1 aromatic carbocycles. The highest BCUT2D eigenvalue weighted by Gasteiger charge is 2.31. The van der Waals surface area contributed by atoms with Crippen LogP contribution in [0.3, 0.4) is 0 Å². The number of methoxy groups -OCH3 is 1. The molecule has 0 aliphatic rings. The van der Waals surface area contributed by atoms with Crippen molar-refractivity contribution >= 4 is 10.0 Å². The summed E-state index contributed by atoms with van der Waals surface area (Å²) < 4.78 is 70.9. The highest BCUT2D eigenvalue weighted by molar-refractivity contribution is 7.89. The molecule has 0 saturated heterocycles. The number of halogens is 3. The fourth-order valence-corrected chi connectivity index (χ4v) is 3.65. The van der Waals surface area contributed by atoms with Crippen molar-refractivity contribution in [3.8, 4) is 17.0 Å². The number of nitrogens with zero attached hydrogens (tertiary/aromatic N) is 2. The van der Waals surface area contributed by atoms with Gasteiger partial charge < -0.3 is 4.74 Å².